The molecular weight excluding hydrogens is 338 g/mol. The zero-order valence-electron chi connectivity index (χ0n) is 14.0. The molecular formula is C23H15NOS. The maximum atomic E-state index is 11.1. The molecule has 1 aromatic heterocycles. The lowest BCUT2D eigenvalue weighted by molar-refractivity contribution is 0.112. The van der Waals surface area contributed by atoms with E-state index in [9.17, 15) is 4.79 Å². The molecule has 0 bridgehead atoms. The zero-order valence-corrected chi connectivity index (χ0v) is 14.8. The van der Waals surface area contributed by atoms with Gasteiger partial charge in [0.15, 0.2) is 0 Å². The van der Waals surface area contributed by atoms with Gasteiger partial charge in [-0.15, -0.1) is 11.3 Å². The lowest BCUT2D eigenvalue weighted by Gasteiger charge is -2.11. The standard InChI is InChI=1S/C23H15NOS/c25-14-15-4-3-6-16(8-15)18-9-19-12-24-13-21(19)20(10-18)23-11-17-5-1-2-7-22(17)26-23/h1-12,14H,13H2. The average Bonchev–Trinajstić information content (AvgIpc) is 3.33. The number of carbonyl (C=O) groups excluding carboxylic acids is 1. The number of hydrogen-bond acceptors (Lipinski definition) is 3. The number of aldehydes is 1. The molecule has 1 aliphatic rings. The van der Waals surface area contributed by atoms with Crippen LogP contribution in [0, 0.1) is 0 Å². The van der Waals surface area contributed by atoms with E-state index in [0.717, 1.165) is 24.0 Å². The van der Waals surface area contributed by atoms with E-state index in [1.807, 2.05) is 35.8 Å². The van der Waals surface area contributed by atoms with Crippen molar-refractivity contribution in [3.8, 4) is 21.6 Å². The van der Waals surface area contributed by atoms with Gasteiger partial charge < -0.3 is 0 Å². The van der Waals surface area contributed by atoms with Crippen molar-refractivity contribution in [1.29, 1.82) is 0 Å². The number of fused-ring (bicyclic) bond motifs is 2. The van der Waals surface area contributed by atoms with Crippen LogP contribution < -0.4 is 0 Å². The van der Waals surface area contributed by atoms with Crippen molar-refractivity contribution in [3.63, 3.8) is 0 Å². The summed E-state index contributed by atoms with van der Waals surface area (Å²) in [5.41, 5.74) is 6.57. The Morgan fingerprint density at radius 2 is 1.85 bits per heavy atom. The molecule has 4 aromatic rings. The van der Waals surface area contributed by atoms with Gasteiger partial charge in [-0.05, 0) is 63.5 Å². The Morgan fingerprint density at radius 1 is 0.923 bits per heavy atom. The maximum Gasteiger partial charge on any atom is 0.150 e. The molecule has 0 unspecified atom stereocenters. The molecule has 0 aliphatic carbocycles. The maximum absolute atomic E-state index is 11.1. The third kappa shape index (κ3) is 2.49. The molecule has 124 valence electrons. The topological polar surface area (TPSA) is 29.4 Å². The molecule has 0 radical (unpaired) electrons. The summed E-state index contributed by atoms with van der Waals surface area (Å²) in [7, 11) is 0. The predicted molar refractivity (Wildman–Crippen MR) is 109 cm³/mol. The van der Waals surface area contributed by atoms with Gasteiger partial charge in [0.1, 0.15) is 6.29 Å². The normalized spacial score (nSPS) is 12.5. The fourth-order valence-electron chi connectivity index (χ4n) is 3.51. The third-order valence-corrected chi connectivity index (χ3v) is 5.96. The SMILES string of the molecule is O=Cc1cccc(-c2cc3c(c(-c4cc5ccccc5s4)c2)CN=C3)c1. The number of rotatable bonds is 3. The molecule has 0 saturated carbocycles. The van der Waals surface area contributed by atoms with Crippen molar-refractivity contribution < 1.29 is 4.79 Å². The molecule has 0 fully saturated rings. The Balaban J connectivity index is 1.72. The fourth-order valence-corrected chi connectivity index (χ4v) is 4.62. The van der Waals surface area contributed by atoms with Crippen LogP contribution in [-0.4, -0.2) is 12.5 Å². The molecule has 0 N–H and O–H groups in total. The van der Waals surface area contributed by atoms with Gasteiger partial charge in [-0.3, -0.25) is 9.79 Å². The molecule has 3 heteroatoms. The smallest absolute Gasteiger partial charge is 0.150 e. The first-order chi connectivity index (χ1) is 12.8. The van der Waals surface area contributed by atoms with Crippen LogP contribution in [0.25, 0.3) is 31.7 Å². The minimum atomic E-state index is 0.695. The van der Waals surface area contributed by atoms with Gasteiger partial charge in [-0.25, -0.2) is 0 Å². The molecule has 0 saturated heterocycles. The predicted octanol–water partition coefficient (Wildman–Crippen LogP) is 5.98. The van der Waals surface area contributed by atoms with Crippen LogP contribution in [0.5, 0.6) is 0 Å². The molecule has 1 aliphatic heterocycles. The third-order valence-electron chi connectivity index (χ3n) is 4.81. The van der Waals surface area contributed by atoms with Crippen molar-refractivity contribution >= 4 is 33.9 Å². The second-order valence-corrected chi connectivity index (χ2v) is 7.54. The number of nitrogens with zero attached hydrogens (tertiary/aromatic N) is 1. The first-order valence-corrected chi connectivity index (χ1v) is 9.35. The first-order valence-electron chi connectivity index (χ1n) is 8.53. The van der Waals surface area contributed by atoms with E-state index < -0.39 is 0 Å². The van der Waals surface area contributed by atoms with Crippen LogP contribution in [0.4, 0.5) is 0 Å². The van der Waals surface area contributed by atoms with E-state index in [4.69, 9.17) is 0 Å². The minimum absolute atomic E-state index is 0.695. The average molecular weight is 353 g/mol. The summed E-state index contributed by atoms with van der Waals surface area (Å²) in [6, 6.07) is 22.9. The van der Waals surface area contributed by atoms with Crippen molar-refractivity contribution in [2.45, 2.75) is 6.54 Å². The van der Waals surface area contributed by atoms with E-state index in [0.29, 0.717) is 5.56 Å². The molecule has 0 amide bonds. The van der Waals surface area contributed by atoms with Gasteiger partial charge in [0.05, 0.1) is 6.54 Å². The second-order valence-electron chi connectivity index (χ2n) is 6.45. The van der Waals surface area contributed by atoms with Crippen LogP contribution in [-0.2, 0) is 6.54 Å². The highest BCUT2D eigenvalue weighted by molar-refractivity contribution is 7.22. The van der Waals surface area contributed by atoms with Gasteiger partial charge in [0, 0.05) is 21.4 Å². The Morgan fingerprint density at radius 3 is 2.73 bits per heavy atom. The Kier molecular flexibility index (Phi) is 3.54. The van der Waals surface area contributed by atoms with Gasteiger partial charge >= 0.3 is 0 Å². The highest BCUT2D eigenvalue weighted by Gasteiger charge is 2.17. The zero-order chi connectivity index (χ0) is 17.5. The molecule has 2 heterocycles. The molecule has 2 nitrogen and oxygen atoms in total. The fraction of sp³-hybridized carbons (Fsp3) is 0.0435. The van der Waals surface area contributed by atoms with Crippen LogP contribution in [0.3, 0.4) is 0 Å². The molecule has 26 heavy (non-hydrogen) atoms. The monoisotopic (exact) mass is 353 g/mol. The highest BCUT2D eigenvalue weighted by Crippen LogP contribution is 2.39. The van der Waals surface area contributed by atoms with E-state index >= 15 is 0 Å². The summed E-state index contributed by atoms with van der Waals surface area (Å²) in [6.07, 6.45) is 2.85. The highest BCUT2D eigenvalue weighted by atomic mass is 32.1. The summed E-state index contributed by atoms with van der Waals surface area (Å²) in [4.78, 5) is 16.9. The van der Waals surface area contributed by atoms with Crippen LogP contribution in [0.15, 0.2) is 71.7 Å². The minimum Gasteiger partial charge on any atom is -0.298 e. The number of aliphatic imine (C=N–C) groups is 1. The Labute approximate surface area is 155 Å². The van der Waals surface area contributed by atoms with Crippen LogP contribution in [0.1, 0.15) is 21.5 Å². The van der Waals surface area contributed by atoms with Gasteiger partial charge in [-0.1, -0.05) is 36.4 Å². The molecule has 0 spiro atoms. The largest absolute Gasteiger partial charge is 0.298 e. The number of thiophene rings is 1. The second kappa shape index (κ2) is 6.04. The lowest BCUT2D eigenvalue weighted by atomic mass is 9.94. The van der Waals surface area contributed by atoms with E-state index in [2.05, 4.69) is 53.5 Å². The summed E-state index contributed by atoms with van der Waals surface area (Å²) >= 11 is 1.82. The van der Waals surface area contributed by atoms with Crippen molar-refractivity contribution in [3.05, 3.63) is 83.4 Å². The van der Waals surface area contributed by atoms with Gasteiger partial charge in [-0.2, -0.15) is 0 Å². The lowest BCUT2D eigenvalue weighted by Crippen LogP contribution is -1.92. The van der Waals surface area contributed by atoms with Crippen LogP contribution in [0.2, 0.25) is 0 Å². The van der Waals surface area contributed by atoms with Crippen LogP contribution >= 0.6 is 11.3 Å². The van der Waals surface area contributed by atoms with E-state index in [1.165, 1.54) is 31.7 Å². The number of carbonyl (C=O) groups is 1. The van der Waals surface area contributed by atoms with E-state index in [-0.39, 0.29) is 0 Å². The quantitative estimate of drug-likeness (QED) is 0.417. The van der Waals surface area contributed by atoms with Crippen molar-refractivity contribution in [1.82, 2.24) is 0 Å². The first kappa shape index (κ1) is 15.2. The summed E-state index contributed by atoms with van der Waals surface area (Å²) in [5, 5.41) is 1.27. The molecule has 5 rings (SSSR count). The molecule has 3 aromatic carbocycles. The van der Waals surface area contributed by atoms with Crippen molar-refractivity contribution in [2.75, 3.05) is 0 Å². The summed E-state index contributed by atoms with van der Waals surface area (Å²) in [6.45, 7) is 0.730. The van der Waals surface area contributed by atoms with Gasteiger partial charge in [0.2, 0.25) is 0 Å². The number of hydrogen-bond donors (Lipinski definition) is 0. The number of benzene rings is 3. The Bertz CT molecular complexity index is 1150. The summed E-state index contributed by atoms with van der Waals surface area (Å²) < 4.78 is 1.29. The van der Waals surface area contributed by atoms with Crippen molar-refractivity contribution in [2.24, 2.45) is 4.99 Å². The van der Waals surface area contributed by atoms with Gasteiger partial charge in [0.25, 0.3) is 0 Å². The molecule has 0 atom stereocenters. The van der Waals surface area contributed by atoms with E-state index in [1.54, 1.807) is 0 Å². The Hall–Kier alpha value is -3.04. The summed E-state index contributed by atoms with van der Waals surface area (Å²) in [5.74, 6) is 0.